The number of hydrogen-bond acceptors (Lipinski definition) is 6. The number of imidazole rings is 1. The molecule has 0 amide bonds. The summed E-state index contributed by atoms with van der Waals surface area (Å²) in [5, 5.41) is 6.24. The second-order valence-electron chi connectivity index (χ2n) is 5.08. The second kappa shape index (κ2) is 6.59. The first-order valence-electron chi connectivity index (χ1n) is 7.43. The van der Waals surface area contributed by atoms with E-state index in [1.807, 2.05) is 29.8 Å². The van der Waals surface area contributed by atoms with Gasteiger partial charge in [0.1, 0.15) is 17.2 Å². The third kappa shape index (κ3) is 3.02. The van der Waals surface area contributed by atoms with Crippen molar-refractivity contribution < 1.29 is 0 Å². The van der Waals surface area contributed by atoms with Gasteiger partial charge in [-0.1, -0.05) is 30.3 Å². The van der Waals surface area contributed by atoms with Crippen LogP contribution in [0.2, 0.25) is 0 Å². The lowest BCUT2D eigenvalue weighted by molar-refractivity contribution is 0.922. The molecule has 0 fully saturated rings. The molecular formula is C17H14N6S. The molecule has 0 saturated carbocycles. The Bertz CT molecular complexity index is 904. The maximum Gasteiger partial charge on any atom is 0.236 e. The fraction of sp³-hybridized carbons (Fsp3) is 0.0588. The van der Waals surface area contributed by atoms with Gasteiger partial charge >= 0.3 is 0 Å². The molecule has 0 bridgehead atoms. The van der Waals surface area contributed by atoms with E-state index in [-0.39, 0.29) is 0 Å². The zero-order chi connectivity index (χ0) is 16.2. The van der Waals surface area contributed by atoms with Crippen molar-refractivity contribution in [3.8, 4) is 16.5 Å². The molecule has 0 atom stereocenters. The zero-order valence-electron chi connectivity index (χ0n) is 12.7. The third-order valence-electron chi connectivity index (χ3n) is 3.48. The number of benzene rings is 1. The van der Waals surface area contributed by atoms with E-state index in [0.29, 0.717) is 12.5 Å². The summed E-state index contributed by atoms with van der Waals surface area (Å²) in [4.78, 5) is 17.5. The smallest absolute Gasteiger partial charge is 0.236 e. The molecule has 0 spiro atoms. The molecule has 0 unspecified atom stereocenters. The van der Waals surface area contributed by atoms with Crippen LogP contribution >= 0.6 is 11.3 Å². The van der Waals surface area contributed by atoms with Crippen LogP contribution in [0.1, 0.15) is 5.56 Å². The fourth-order valence-electron chi connectivity index (χ4n) is 2.30. The first-order valence-corrected chi connectivity index (χ1v) is 8.31. The van der Waals surface area contributed by atoms with E-state index < -0.39 is 0 Å². The standard InChI is InChI=1S/C17H14N6S/c1-2-4-13(5-3-1)10-20-15-14(16-19-7-9-24-16)11-21-17(22-15)23-8-6-18-12-23/h1-9,11-12H,10H2,(H,20,21,22). The first-order chi connectivity index (χ1) is 11.9. The van der Waals surface area contributed by atoms with E-state index in [2.05, 4.69) is 37.4 Å². The minimum Gasteiger partial charge on any atom is -0.365 e. The largest absolute Gasteiger partial charge is 0.365 e. The summed E-state index contributed by atoms with van der Waals surface area (Å²) < 4.78 is 1.78. The number of nitrogens with zero attached hydrogens (tertiary/aromatic N) is 5. The maximum absolute atomic E-state index is 4.65. The highest BCUT2D eigenvalue weighted by molar-refractivity contribution is 7.13. The number of hydrogen-bond donors (Lipinski definition) is 1. The summed E-state index contributed by atoms with van der Waals surface area (Å²) in [7, 11) is 0. The number of aromatic nitrogens is 5. The van der Waals surface area contributed by atoms with Crippen molar-refractivity contribution in [1.82, 2.24) is 24.5 Å². The zero-order valence-corrected chi connectivity index (χ0v) is 13.5. The molecule has 3 aromatic heterocycles. The van der Waals surface area contributed by atoms with Crippen molar-refractivity contribution in [2.24, 2.45) is 0 Å². The van der Waals surface area contributed by atoms with Gasteiger partial charge < -0.3 is 5.32 Å². The summed E-state index contributed by atoms with van der Waals surface area (Å²) in [6.07, 6.45) is 8.78. The van der Waals surface area contributed by atoms with E-state index >= 15 is 0 Å². The highest BCUT2D eigenvalue weighted by Gasteiger charge is 2.12. The van der Waals surface area contributed by atoms with Crippen molar-refractivity contribution in [1.29, 1.82) is 0 Å². The monoisotopic (exact) mass is 334 g/mol. The Morgan fingerprint density at radius 2 is 2.00 bits per heavy atom. The highest BCUT2D eigenvalue weighted by Crippen LogP contribution is 2.28. The minimum atomic E-state index is 0.573. The van der Waals surface area contributed by atoms with Gasteiger partial charge in [-0.2, -0.15) is 4.98 Å². The normalized spacial score (nSPS) is 10.7. The molecule has 24 heavy (non-hydrogen) atoms. The summed E-state index contributed by atoms with van der Waals surface area (Å²) in [5.41, 5.74) is 2.08. The van der Waals surface area contributed by atoms with Crippen LogP contribution in [0.5, 0.6) is 0 Å². The molecule has 6 nitrogen and oxygen atoms in total. The van der Waals surface area contributed by atoms with Gasteiger partial charge in [0.15, 0.2) is 0 Å². The fourth-order valence-corrected chi connectivity index (χ4v) is 2.95. The van der Waals surface area contributed by atoms with Gasteiger partial charge in [0, 0.05) is 36.7 Å². The molecular weight excluding hydrogens is 320 g/mol. The highest BCUT2D eigenvalue weighted by atomic mass is 32.1. The van der Waals surface area contributed by atoms with Crippen molar-refractivity contribution in [2.45, 2.75) is 6.54 Å². The SMILES string of the molecule is c1ccc(CNc2nc(-n3ccnc3)ncc2-c2nccs2)cc1. The Hall–Kier alpha value is -3.06. The van der Waals surface area contributed by atoms with Crippen LogP contribution in [0.3, 0.4) is 0 Å². The Balaban J connectivity index is 1.69. The quantitative estimate of drug-likeness (QED) is 0.606. The van der Waals surface area contributed by atoms with Crippen LogP contribution in [-0.2, 0) is 6.54 Å². The molecule has 7 heteroatoms. The van der Waals surface area contributed by atoms with Crippen molar-refractivity contribution in [3.05, 3.63) is 72.4 Å². The van der Waals surface area contributed by atoms with Gasteiger partial charge in [-0.15, -0.1) is 11.3 Å². The molecule has 4 aromatic rings. The van der Waals surface area contributed by atoms with Gasteiger partial charge in [-0.25, -0.2) is 15.0 Å². The maximum atomic E-state index is 4.65. The molecule has 0 aliphatic heterocycles. The van der Waals surface area contributed by atoms with E-state index in [4.69, 9.17) is 0 Å². The van der Waals surface area contributed by atoms with Crippen molar-refractivity contribution in [3.63, 3.8) is 0 Å². The predicted molar refractivity (Wildman–Crippen MR) is 94.0 cm³/mol. The van der Waals surface area contributed by atoms with Crippen LogP contribution in [0, 0.1) is 0 Å². The topological polar surface area (TPSA) is 68.5 Å². The molecule has 1 N–H and O–H groups in total. The minimum absolute atomic E-state index is 0.573. The summed E-state index contributed by atoms with van der Waals surface area (Å²) >= 11 is 1.56. The lowest BCUT2D eigenvalue weighted by Crippen LogP contribution is -2.07. The Morgan fingerprint density at radius 3 is 2.75 bits per heavy atom. The molecule has 3 heterocycles. The molecule has 4 rings (SSSR count). The van der Waals surface area contributed by atoms with E-state index in [1.54, 1.807) is 40.8 Å². The second-order valence-corrected chi connectivity index (χ2v) is 5.97. The Morgan fingerprint density at radius 1 is 1.08 bits per heavy atom. The number of rotatable bonds is 5. The summed E-state index contributed by atoms with van der Waals surface area (Å²) in [5.74, 6) is 1.33. The van der Waals surface area contributed by atoms with Crippen LogP contribution < -0.4 is 5.32 Å². The summed E-state index contributed by atoms with van der Waals surface area (Å²) in [6.45, 7) is 0.680. The number of thiazole rings is 1. The first kappa shape index (κ1) is 14.5. The van der Waals surface area contributed by atoms with Gasteiger partial charge in [-0.05, 0) is 5.56 Å². The Kier molecular flexibility index (Phi) is 3.99. The van der Waals surface area contributed by atoms with Crippen LogP contribution in [0.15, 0.2) is 66.8 Å². The average molecular weight is 334 g/mol. The average Bonchev–Trinajstić information content (AvgIpc) is 3.34. The Labute approximate surface area is 142 Å². The van der Waals surface area contributed by atoms with Crippen LogP contribution in [0.4, 0.5) is 5.82 Å². The molecule has 0 saturated heterocycles. The third-order valence-corrected chi connectivity index (χ3v) is 4.28. The van der Waals surface area contributed by atoms with Gasteiger partial charge in [-0.3, -0.25) is 4.57 Å². The van der Waals surface area contributed by atoms with Gasteiger partial charge in [0.05, 0.1) is 5.56 Å². The van der Waals surface area contributed by atoms with Gasteiger partial charge in [0.2, 0.25) is 5.95 Å². The lowest BCUT2D eigenvalue weighted by atomic mass is 10.2. The predicted octanol–water partition coefficient (Wildman–Crippen LogP) is 3.40. The number of anilines is 1. The molecule has 0 radical (unpaired) electrons. The van der Waals surface area contributed by atoms with Crippen LogP contribution in [-0.4, -0.2) is 24.5 Å². The molecule has 1 aromatic carbocycles. The lowest BCUT2D eigenvalue weighted by Gasteiger charge is -2.11. The molecule has 118 valence electrons. The molecule has 0 aliphatic rings. The van der Waals surface area contributed by atoms with E-state index in [0.717, 1.165) is 16.4 Å². The number of nitrogens with one attached hydrogen (secondary N) is 1. The van der Waals surface area contributed by atoms with E-state index in [1.165, 1.54) is 5.56 Å². The van der Waals surface area contributed by atoms with Gasteiger partial charge in [0.25, 0.3) is 0 Å². The van der Waals surface area contributed by atoms with Crippen molar-refractivity contribution in [2.75, 3.05) is 5.32 Å². The van der Waals surface area contributed by atoms with Crippen LogP contribution in [0.25, 0.3) is 16.5 Å². The van der Waals surface area contributed by atoms with Crippen molar-refractivity contribution >= 4 is 17.2 Å². The summed E-state index contributed by atoms with van der Waals surface area (Å²) in [6, 6.07) is 10.2. The molecule has 0 aliphatic carbocycles. The van der Waals surface area contributed by atoms with E-state index in [9.17, 15) is 0 Å².